The van der Waals surface area contributed by atoms with Gasteiger partial charge in [0.15, 0.2) is 0 Å². The molecule has 2 rings (SSSR count). The summed E-state index contributed by atoms with van der Waals surface area (Å²) in [6.07, 6.45) is 0. The second-order valence-electron chi connectivity index (χ2n) is 5.32. The highest BCUT2D eigenvalue weighted by molar-refractivity contribution is 7.18. The van der Waals surface area contributed by atoms with E-state index < -0.39 is 0 Å². The number of hydrogen-bond donors (Lipinski definition) is 0. The summed E-state index contributed by atoms with van der Waals surface area (Å²) in [5, 5.41) is 1.03. The van der Waals surface area contributed by atoms with Crippen molar-refractivity contribution in [2.75, 3.05) is 0 Å². The number of hydrogen-bond acceptors (Lipinski definition) is 3. The minimum absolute atomic E-state index is 0.0811. The SMILES string of the molecule is Cc1nc2cc(C(=O)N(C(C)C)C(C)C)ccc2s1. The third-order valence-corrected chi connectivity index (χ3v) is 4.04. The number of aromatic nitrogens is 1. The normalized spacial score (nSPS) is 11.5. The zero-order chi connectivity index (χ0) is 14.2. The van der Waals surface area contributed by atoms with Crippen molar-refractivity contribution in [2.24, 2.45) is 0 Å². The Kier molecular flexibility index (Phi) is 3.90. The van der Waals surface area contributed by atoms with Gasteiger partial charge in [-0.25, -0.2) is 4.98 Å². The zero-order valence-corrected chi connectivity index (χ0v) is 12.9. The van der Waals surface area contributed by atoms with Crippen molar-refractivity contribution in [3.8, 4) is 0 Å². The summed E-state index contributed by atoms with van der Waals surface area (Å²) in [5.41, 5.74) is 1.64. The summed E-state index contributed by atoms with van der Waals surface area (Å²) in [7, 11) is 0. The van der Waals surface area contributed by atoms with E-state index >= 15 is 0 Å². The fourth-order valence-corrected chi connectivity index (χ4v) is 3.20. The molecule has 1 amide bonds. The first-order valence-corrected chi connectivity index (χ1v) is 7.41. The Hall–Kier alpha value is -1.42. The first-order valence-electron chi connectivity index (χ1n) is 6.60. The quantitative estimate of drug-likeness (QED) is 0.852. The molecule has 0 fully saturated rings. The fourth-order valence-electron chi connectivity index (χ4n) is 2.39. The maximum atomic E-state index is 12.6. The number of carbonyl (C=O) groups excluding carboxylic acids is 1. The molecule has 0 atom stereocenters. The molecule has 2 aromatic rings. The summed E-state index contributed by atoms with van der Waals surface area (Å²) >= 11 is 1.66. The smallest absolute Gasteiger partial charge is 0.254 e. The molecule has 0 aliphatic heterocycles. The van der Waals surface area contributed by atoms with Crippen molar-refractivity contribution in [3.05, 3.63) is 28.8 Å². The van der Waals surface area contributed by atoms with Crippen molar-refractivity contribution in [3.63, 3.8) is 0 Å². The van der Waals surface area contributed by atoms with Crippen LogP contribution in [0.15, 0.2) is 18.2 Å². The summed E-state index contributed by atoms with van der Waals surface area (Å²) in [6, 6.07) is 6.19. The molecule has 0 N–H and O–H groups in total. The molecule has 0 radical (unpaired) electrons. The monoisotopic (exact) mass is 276 g/mol. The van der Waals surface area contributed by atoms with Crippen LogP contribution in [0.1, 0.15) is 43.1 Å². The van der Waals surface area contributed by atoms with Crippen LogP contribution in [0.4, 0.5) is 0 Å². The van der Waals surface area contributed by atoms with Gasteiger partial charge in [-0.2, -0.15) is 0 Å². The fraction of sp³-hybridized carbons (Fsp3) is 0.467. The van der Waals surface area contributed by atoms with Gasteiger partial charge in [-0.3, -0.25) is 4.79 Å². The highest BCUT2D eigenvalue weighted by atomic mass is 32.1. The second kappa shape index (κ2) is 5.29. The number of aryl methyl sites for hydroxylation is 1. The van der Waals surface area contributed by atoms with Gasteiger partial charge < -0.3 is 4.90 Å². The van der Waals surface area contributed by atoms with Crippen molar-refractivity contribution in [1.82, 2.24) is 9.88 Å². The number of amides is 1. The summed E-state index contributed by atoms with van der Waals surface area (Å²) in [6.45, 7) is 10.2. The molecule has 0 aliphatic carbocycles. The molecule has 1 aromatic heterocycles. The molecule has 0 unspecified atom stereocenters. The molecule has 0 saturated carbocycles. The van der Waals surface area contributed by atoms with Gasteiger partial charge >= 0.3 is 0 Å². The molecular weight excluding hydrogens is 256 g/mol. The van der Waals surface area contributed by atoms with E-state index in [-0.39, 0.29) is 18.0 Å². The van der Waals surface area contributed by atoms with E-state index in [1.807, 2.05) is 57.7 Å². The number of fused-ring (bicyclic) bond motifs is 1. The Balaban J connectivity index is 2.39. The molecular formula is C15H20N2OS. The van der Waals surface area contributed by atoms with Gasteiger partial charge in [-0.15, -0.1) is 11.3 Å². The van der Waals surface area contributed by atoms with Crippen LogP contribution in [0.5, 0.6) is 0 Å². The van der Waals surface area contributed by atoms with E-state index in [0.717, 1.165) is 20.8 Å². The van der Waals surface area contributed by atoms with Gasteiger partial charge in [0.2, 0.25) is 0 Å². The van der Waals surface area contributed by atoms with Crippen LogP contribution >= 0.6 is 11.3 Å². The number of nitrogens with zero attached hydrogens (tertiary/aromatic N) is 2. The van der Waals surface area contributed by atoms with Gasteiger partial charge in [-0.05, 0) is 52.8 Å². The third kappa shape index (κ3) is 2.78. The highest BCUT2D eigenvalue weighted by Gasteiger charge is 2.21. The maximum absolute atomic E-state index is 12.6. The number of thiazole rings is 1. The Bertz CT molecular complexity index is 593. The van der Waals surface area contributed by atoms with E-state index in [1.54, 1.807) is 11.3 Å². The molecule has 0 saturated heterocycles. The number of rotatable bonds is 3. The number of benzene rings is 1. The lowest BCUT2D eigenvalue weighted by atomic mass is 10.1. The minimum atomic E-state index is 0.0811. The highest BCUT2D eigenvalue weighted by Crippen LogP contribution is 2.23. The molecule has 0 spiro atoms. The molecule has 3 nitrogen and oxygen atoms in total. The van der Waals surface area contributed by atoms with Crippen LogP contribution in [0.25, 0.3) is 10.2 Å². The Labute approximate surface area is 118 Å². The van der Waals surface area contributed by atoms with Crippen molar-refractivity contribution >= 4 is 27.5 Å². The Morgan fingerprint density at radius 2 is 1.84 bits per heavy atom. The molecule has 19 heavy (non-hydrogen) atoms. The Morgan fingerprint density at radius 3 is 2.42 bits per heavy atom. The molecule has 4 heteroatoms. The average Bonchev–Trinajstić information content (AvgIpc) is 2.66. The lowest BCUT2D eigenvalue weighted by Gasteiger charge is -2.30. The van der Waals surface area contributed by atoms with Crippen molar-refractivity contribution in [1.29, 1.82) is 0 Å². The van der Waals surface area contributed by atoms with E-state index in [9.17, 15) is 4.79 Å². The predicted molar refractivity (Wildman–Crippen MR) is 80.8 cm³/mol. The molecule has 102 valence electrons. The first kappa shape index (κ1) is 14.0. The van der Waals surface area contributed by atoms with Gasteiger partial charge in [0, 0.05) is 17.6 Å². The average molecular weight is 276 g/mol. The third-order valence-electron chi connectivity index (χ3n) is 3.09. The number of carbonyl (C=O) groups is 1. The van der Waals surface area contributed by atoms with Gasteiger partial charge in [0.05, 0.1) is 15.2 Å². The lowest BCUT2D eigenvalue weighted by Crippen LogP contribution is -2.42. The van der Waals surface area contributed by atoms with E-state index in [2.05, 4.69) is 4.98 Å². The molecule has 1 heterocycles. The second-order valence-corrected chi connectivity index (χ2v) is 6.55. The topological polar surface area (TPSA) is 33.2 Å². The first-order chi connectivity index (χ1) is 8.90. The minimum Gasteiger partial charge on any atom is -0.334 e. The summed E-state index contributed by atoms with van der Waals surface area (Å²) in [4.78, 5) is 18.9. The van der Waals surface area contributed by atoms with Crippen LogP contribution in [0, 0.1) is 6.92 Å². The van der Waals surface area contributed by atoms with Crippen LogP contribution in [-0.4, -0.2) is 27.9 Å². The van der Waals surface area contributed by atoms with Crippen molar-refractivity contribution in [2.45, 2.75) is 46.7 Å². The van der Waals surface area contributed by atoms with Crippen LogP contribution < -0.4 is 0 Å². The predicted octanol–water partition coefficient (Wildman–Crippen LogP) is 3.86. The molecule has 0 aliphatic rings. The zero-order valence-electron chi connectivity index (χ0n) is 12.1. The van der Waals surface area contributed by atoms with Gasteiger partial charge in [0.25, 0.3) is 5.91 Å². The van der Waals surface area contributed by atoms with E-state index in [0.29, 0.717) is 0 Å². The lowest BCUT2D eigenvalue weighted by molar-refractivity contribution is 0.0644. The van der Waals surface area contributed by atoms with Gasteiger partial charge in [0.1, 0.15) is 0 Å². The summed E-state index contributed by atoms with van der Waals surface area (Å²) in [5.74, 6) is 0.0811. The maximum Gasteiger partial charge on any atom is 0.254 e. The van der Waals surface area contributed by atoms with E-state index in [1.165, 1.54) is 0 Å². The standard InChI is InChI=1S/C15H20N2OS/c1-9(2)17(10(3)4)15(18)12-6-7-14-13(8-12)16-11(5)19-14/h6-10H,1-5H3. The van der Waals surface area contributed by atoms with E-state index in [4.69, 9.17) is 0 Å². The molecule has 1 aromatic carbocycles. The van der Waals surface area contributed by atoms with Crippen LogP contribution in [-0.2, 0) is 0 Å². The molecule has 0 bridgehead atoms. The van der Waals surface area contributed by atoms with Gasteiger partial charge in [-0.1, -0.05) is 0 Å². The van der Waals surface area contributed by atoms with Crippen LogP contribution in [0.2, 0.25) is 0 Å². The largest absolute Gasteiger partial charge is 0.334 e. The van der Waals surface area contributed by atoms with Crippen LogP contribution in [0.3, 0.4) is 0 Å². The Morgan fingerprint density at radius 1 is 1.21 bits per heavy atom. The summed E-state index contributed by atoms with van der Waals surface area (Å²) < 4.78 is 1.13. The van der Waals surface area contributed by atoms with Crippen molar-refractivity contribution < 1.29 is 4.79 Å².